The molecule has 0 aromatic heterocycles. The van der Waals surface area contributed by atoms with Crippen molar-refractivity contribution in [2.24, 2.45) is 11.7 Å². The Morgan fingerprint density at radius 1 is 1.70 bits per heavy atom. The average molecular weight is 147 g/mol. The molecule has 0 heterocycles. The number of carboxylic acids is 1. The molecule has 0 aliphatic heterocycles. The monoisotopic (exact) mass is 147 g/mol. The smallest absolute Gasteiger partial charge is 0.320 e. The Labute approximate surface area is 59.7 Å². The topological polar surface area (TPSA) is 83.5 Å². The normalized spacial score (nSPS) is 16.3. The van der Waals surface area contributed by atoms with Crippen molar-refractivity contribution in [1.29, 1.82) is 0 Å². The molecule has 0 aromatic rings. The summed E-state index contributed by atoms with van der Waals surface area (Å²) in [6.45, 7) is 1.63. The molecular weight excluding hydrogens is 134 g/mol. The lowest BCUT2D eigenvalue weighted by molar-refractivity contribution is -0.140. The number of hydrogen-bond donors (Lipinski definition) is 3. The van der Waals surface area contributed by atoms with Gasteiger partial charge in [-0.05, 0) is 6.42 Å². The lowest BCUT2D eigenvalue weighted by atomic mass is 9.99. The fraction of sp³-hybridized carbons (Fsp3) is 0.833. The van der Waals surface area contributed by atoms with Gasteiger partial charge in [-0.2, -0.15) is 0 Å². The Balaban J connectivity index is 3.88. The predicted molar refractivity (Wildman–Crippen MR) is 36.5 cm³/mol. The molecule has 4 N–H and O–H groups in total. The third-order valence-corrected chi connectivity index (χ3v) is 1.55. The zero-order valence-corrected chi connectivity index (χ0v) is 5.95. The van der Waals surface area contributed by atoms with Gasteiger partial charge in [0.1, 0.15) is 6.04 Å². The van der Waals surface area contributed by atoms with Gasteiger partial charge in [-0.3, -0.25) is 4.79 Å². The first-order chi connectivity index (χ1) is 4.63. The Kier molecular flexibility index (Phi) is 3.99. The molecule has 4 nitrogen and oxygen atoms in total. The number of rotatable bonds is 4. The summed E-state index contributed by atoms with van der Waals surface area (Å²) in [5.74, 6) is -1.38. The molecule has 0 saturated carbocycles. The predicted octanol–water partition coefficient (Wildman–Crippen LogP) is -0.583. The summed E-state index contributed by atoms with van der Waals surface area (Å²) < 4.78 is 0. The van der Waals surface area contributed by atoms with Crippen LogP contribution in [0.2, 0.25) is 0 Å². The third kappa shape index (κ3) is 2.33. The van der Waals surface area contributed by atoms with Crippen molar-refractivity contribution in [2.75, 3.05) is 6.61 Å². The maximum absolute atomic E-state index is 10.2. The number of aliphatic carboxylic acids is 1. The summed E-state index contributed by atoms with van der Waals surface area (Å²) >= 11 is 0. The molecule has 0 spiro atoms. The quantitative estimate of drug-likeness (QED) is 0.496. The molecule has 0 saturated heterocycles. The summed E-state index contributed by atoms with van der Waals surface area (Å²) in [4.78, 5) is 10.2. The molecule has 2 atom stereocenters. The van der Waals surface area contributed by atoms with Gasteiger partial charge in [0.15, 0.2) is 0 Å². The van der Waals surface area contributed by atoms with Crippen LogP contribution in [-0.4, -0.2) is 28.8 Å². The summed E-state index contributed by atoms with van der Waals surface area (Å²) in [6.07, 6.45) is 0.587. The highest BCUT2D eigenvalue weighted by atomic mass is 16.4. The summed E-state index contributed by atoms with van der Waals surface area (Å²) in [5.41, 5.74) is 5.22. The van der Waals surface area contributed by atoms with Crippen molar-refractivity contribution in [3.8, 4) is 0 Å². The number of aliphatic hydroxyl groups excluding tert-OH is 1. The van der Waals surface area contributed by atoms with Crippen molar-refractivity contribution in [3.63, 3.8) is 0 Å². The molecule has 0 fully saturated rings. The van der Waals surface area contributed by atoms with Gasteiger partial charge < -0.3 is 15.9 Å². The highest BCUT2D eigenvalue weighted by Gasteiger charge is 2.21. The standard InChI is InChI=1S/C6H13NO3/c1-2-4(3-8)5(7)6(9)10/h4-5,8H,2-3,7H2,1H3,(H,9,10)/t4-,5-/m1/s1. The summed E-state index contributed by atoms with van der Waals surface area (Å²) in [7, 11) is 0. The van der Waals surface area contributed by atoms with Crippen LogP contribution in [0.5, 0.6) is 0 Å². The van der Waals surface area contributed by atoms with E-state index in [1.807, 2.05) is 0 Å². The van der Waals surface area contributed by atoms with Gasteiger partial charge in [-0.15, -0.1) is 0 Å². The Bertz CT molecular complexity index is 112. The molecule has 0 unspecified atom stereocenters. The molecule has 0 amide bonds. The zero-order chi connectivity index (χ0) is 8.15. The molecule has 0 rings (SSSR count). The minimum absolute atomic E-state index is 0.163. The highest BCUT2D eigenvalue weighted by Crippen LogP contribution is 2.05. The van der Waals surface area contributed by atoms with E-state index in [0.717, 1.165) is 0 Å². The zero-order valence-electron chi connectivity index (χ0n) is 5.95. The van der Waals surface area contributed by atoms with E-state index in [4.69, 9.17) is 15.9 Å². The molecule has 4 heteroatoms. The van der Waals surface area contributed by atoms with Crippen LogP contribution in [0.25, 0.3) is 0 Å². The molecule has 0 aromatic carbocycles. The van der Waals surface area contributed by atoms with Crippen molar-refractivity contribution < 1.29 is 15.0 Å². The van der Waals surface area contributed by atoms with Crippen LogP contribution < -0.4 is 5.73 Å². The maximum atomic E-state index is 10.2. The van der Waals surface area contributed by atoms with E-state index in [1.165, 1.54) is 0 Å². The van der Waals surface area contributed by atoms with Crippen molar-refractivity contribution in [1.82, 2.24) is 0 Å². The fourth-order valence-electron chi connectivity index (χ4n) is 0.698. The second-order valence-corrected chi connectivity index (χ2v) is 2.21. The maximum Gasteiger partial charge on any atom is 0.320 e. The fourth-order valence-corrected chi connectivity index (χ4v) is 0.698. The molecule has 0 aliphatic carbocycles. The largest absolute Gasteiger partial charge is 0.480 e. The first-order valence-electron chi connectivity index (χ1n) is 3.22. The Hall–Kier alpha value is -0.610. The van der Waals surface area contributed by atoms with Crippen LogP contribution in [-0.2, 0) is 4.79 Å². The SMILES string of the molecule is CC[C@H](CO)[C@@H](N)C(=O)O. The lowest BCUT2D eigenvalue weighted by Crippen LogP contribution is -2.39. The molecule has 10 heavy (non-hydrogen) atoms. The van der Waals surface area contributed by atoms with E-state index in [2.05, 4.69) is 0 Å². The van der Waals surface area contributed by atoms with Crippen molar-refractivity contribution in [2.45, 2.75) is 19.4 Å². The third-order valence-electron chi connectivity index (χ3n) is 1.55. The second kappa shape index (κ2) is 4.24. The molecular formula is C6H13NO3. The number of hydrogen-bond acceptors (Lipinski definition) is 3. The molecule has 0 radical (unpaired) electrons. The van der Waals surface area contributed by atoms with E-state index in [-0.39, 0.29) is 12.5 Å². The van der Waals surface area contributed by atoms with E-state index in [9.17, 15) is 4.79 Å². The highest BCUT2D eigenvalue weighted by molar-refractivity contribution is 5.73. The minimum atomic E-state index is -1.05. The van der Waals surface area contributed by atoms with Gasteiger partial charge in [0.05, 0.1) is 0 Å². The van der Waals surface area contributed by atoms with Crippen LogP contribution in [0.15, 0.2) is 0 Å². The number of nitrogens with two attached hydrogens (primary N) is 1. The molecule has 0 aliphatic rings. The Morgan fingerprint density at radius 3 is 2.30 bits per heavy atom. The van der Waals surface area contributed by atoms with Gasteiger partial charge in [0.25, 0.3) is 0 Å². The van der Waals surface area contributed by atoms with E-state index in [0.29, 0.717) is 6.42 Å². The van der Waals surface area contributed by atoms with Gasteiger partial charge >= 0.3 is 5.97 Å². The second-order valence-electron chi connectivity index (χ2n) is 2.21. The number of carboxylic acid groups (broad SMARTS) is 1. The van der Waals surface area contributed by atoms with Crippen molar-refractivity contribution >= 4 is 5.97 Å². The van der Waals surface area contributed by atoms with Gasteiger partial charge in [0, 0.05) is 12.5 Å². The van der Waals surface area contributed by atoms with Gasteiger partial charge in [-0.1, -0.05) is 6.92 Å². The van der Waals surface area contributed by atoms with Crippen molar-refractivity contribution in [3.05, 3.63) is 0 Å². The van der Waals surface area contributed by atoms with Gasteiger partial charge in [-0.25, -0.2) is 0 Å². The number of aliphatic hydroxyl groups is 1. The first-order valence-corrected chi connectivity index (χ1v) is 3.22. The number of carbonyl (C=O) groups is 1. The van der Waals surface area contributed by atoms with Crippen LogP contribution in [0.3, 0.4) is 0 Å². The van der Waals surface area contributed by atoms with Gasteiger partial charge in [0.2, 0.25) is 0 Å². The minimum Gasteiger partial charge on any atom is -0.480 e. The summed E-state index contributed by atoms with van der Waals surface area (Å²) in [6, 6.07) is -0.935. The average Bonchev–Trinajstić information content (AvgIpc) is 1.90. The van der Waals surface area contributed by atoms with Crippen LogP contribution in [0.4, 0.5) is 0 Å². The van der Waals surface area contributed by atoms with Crippen LogP contribution in [0, 0.1) is 5.92 Å². The lowest BCUT2D eigenvalue weighted by Gasteiger charge is -2.15. The van der Waals surface area contributed by atoms with Crippen LogP contribution >= 0.6 is 0 Å². The van der Waals surface area contributed by atoms with E-state index >= 15 is 0 Å². The molecule has 0 bridgehead atoms. The van der Waals surface area contributed by atoms with E-state index in [1.54, 1.807) is 6.92 Å². The van der Waals surface area contributed by atoms with E-state index < -0.39 is 12.0 Å². The summed E-state index contributed by atoms with van der Waals surface area (Å²) in [5, 5.41) is 17.0. The first kappa shape index (κ1) is 9.39. The van der Waals surface area contributed by atoms with Crippen LogP contribution in [0.1, 0.15) is 13.3 Å². The Morgan fingerprint density at radius 2 is 2.20 bits per heavy atom. The molecule has 60 valence electrons.